The summed E-state index contributed by atoms with van der Waals surface area (Å²) in [5, 5.41) is 0. The number of hydrogen-bond acceptors (Lipinski definition) is 4. The van der Waals surface area contributed by atoms with Crippen LogP contribution in [0.2, 0.25) is 0 Å². The smallest absolute Gasteiger partial charge is 0.123 e. The van der Waals surface area contributed by atoms with Crippen molar-refractivity contribution in [2.45, 2.75) is 26.4 Å². The molecular weight excluding hydrogens is 264 g/mol. The van der Waals surface area contributed by atoms with Gasteiger partial charge in [0.2, 0.25) is 0 Å². The van der Waals surface area contributed by atoms with Crippen molar-refractivity contribution < 1.29 is 9.47 Å². The van der Waals surface area contributed by atoms with Crippen LogP contribution >= 0.6 is 0 Å². The summed E-state index contributed by atoms with van der Waals surface area (Å²) in [4.78, 5) is 2.35. The van der Waals surface area contributed by atoms with Gasteiger partial charge in [-0.1, -0.05) is 11.8 Å². The molecule has 0 saturated heterocycles. The van der Waals surface area contributed by atoms with Gasteiger partial charge in [0.25, 0.3) is 0 Å². The molecule has 1 aromatic carbocycles. The first kappa shape index (κ1) is 17.5. The molecule has 0 saturated carbocycles. The molecule has 0 unspecified atom stereocenters. The summed E-state index contributed by atoms with van der Waals surface area (Å²) >= 11 is 0. The highest BCUT2D eigenvalue weighted by Gasteiger charge is 2.13. The minimum absolute atomic E-state index is 0.368. The highest BCUT2D eigenvalue weighted by atomic mass is 16.5. The third kappa shape index (κ3) is 5.76. The first-order valence-corrected chi connectivity index (χ1v) is 7.21. The lowest BCUT2D eigenvalue weighted by molar-refractivity contribution is 0.124. The molecule has 0 aliphatic carbocycles. The average molecular weight is 290 g/mol. The van der Waals surface area contributed by atoms with Crippen molar-refractivity contribution in [2.24, 2.45) is 5.73 Å². The van der Waals surface area contributed by atoms with E-state index < -0.39 is 0 Å². The number of benzene rings is 1. The Hall–Kier alpha value is -1.54. The molecule has 1 aromatic rings. The maximum atomic E-state index is 5.46. The molecule has 4 nitrogen and oxygen atoms in total. The van der Waals surface area contributed by atoms with E-state index in [4.69, 9.17) is 15.2 Å². The second-order valence-electron chi connectivity index (χ2n) is 5.09. The average Bonchev–Trinajstić information content (AvgIpc) is 2.49. The topological polar surface area (TPSA) is 47.7 Å². The van der Waals surface area contributed by atoms with Crippen LogP contribution in [0.25, 0.3) is 0 Å². The summed E-state index contributed by atoms with van der Waals surface area (Å²) in [6.07, 6.45) is 0. The van der Waals surface area contributed by atoms with Gasteiger partial charge in [-0.3, -0.25) is 4.90 Å². The van der Waals surface area contributed by atoms with Crippen LogP contribution in [-0.2, 0) is 11.3 Å². The fraction of sp³-hybridized carbons (Fsp3) is 0.529. The van der Waals surface area contributed by atoms with Gasteiger partial charge in [0, 0.05) is 37.4 Å². The van der Waals surface area contributed by atoms with E-state index in [1.54, 1.807) is 14.2 Å². The van der Waals surface area contributed by atoms with Crippen LogP contribution in [-0.4, -0.2) is 44.9 Å². The normalized spacial score (nSPS) is 10.6. The maximum Gasteiger partial charge on any atom is 0.123 e. The Morgan fingerprint density at radius 1 is 1.29 bits per heavy atom. The second kappa shape index (κ2) is 9.41. The zero-order valence-electron chi connectivity index (χ0n) is 13.5. The lowest BCUT2D eigenvalue weighted by atomic mass is 10.1. The Bertz CT molecular complexity index is 489. The van der Waals surface area contributed by atoms with Crippen molar-refractivity contribution >= 4 is 0 Å². The van der Waals surface area contributed by atoms with Crippen LogP contribution in [0.1, 0.15) is 25.0 Å². The molecule has 0 amide bonds. The predicted octanol–water partition coefficient (Wildman–Crippen LogP) is 1.86. The zero-order chi connectivity index (χ0) is 15.7. The van der Waals surface area contributed by atoms with Gasteiger partial charge in [-0.2, -0.15) is 0 Å². The van der Waals surface area contributed by atoms with Crippen LogP contribution in [0.4, 0.5) is 0 Å². The van der Waals surface area contributed by atoms with Crippen LogP contribution in [0.5, 0.6) is 5.75 Å². The van der Waals surface area contributed by atoms with Crippen LogP contribution in [0.3, 0.4) is 0 Å². The zero-order valence-corrected chi connectivity index (χ0v) is 13.5. The first-order chi connectivity index (χ1) is 10.1. The van der Waals surface area contributed by atoms with Gasteiger partial charge >= 0.3 is 0 Å². The maximum absolute atomic E-state index is 5.46. The van der Waals surface area contributed by atoms with E-state index >= 15 is 0 Å². The number of nitrogens with zero attached hydrogens (tertiary/aromatic N) is 1. The van der Waals surface area contributed by atoms with Crippen molar-refractivity contribution in [2.75, 3.05) is 33.9 Å². The fourth-order valence-electron chi connectivity index (χ4n) is 2.08. The third-order valence-electron chi connectivity index (χ3n) is 3.30. The van der Waals surface area contributed by atoms with Gasteiger partial charge in [0.15, 0.2) is 0 Å². The number of nitrogens with two attached hydrogens (primary N) is 1. The Balaban J connectivity index is 2.96. The summed E-state index contributed by atoms with van der Waals surface area (Å²) in [7, 11) is 3.42. The molecular formula is C17H26N2O2. The van der Waals surface area contributed by atoms with Crippen LogP contribution in [0, 0.1) is 11.8 Å². The molecule has 0 heterocycles. The summed E-state index contributed by atoms with van der Waals surface area (Å²) < 4.78 is 10.6. The predicted molar refractivity (Wildman–Crippen MR) is 86.3 cm³/mol. The summed E-state index contributed by atoms with van der Waals surface area (Å²) in [5.74, 6) is 6.84. The summed E-state index contributed by atoms with van der Waals surface area (Å²) in [6.45, 7) is 7.14. The lowest BCUT2D eigenvalue weighted by Crippen LogP contribution is -2.33. The second-order valence-corrected chi connectivity index (χ2v) is 5.09. The highest BCUT2D eigenvalue weighted by Crippen LogP contribution is 2.22. The van der Waals surface area contributed by atoms with Crippen molar-refractivity contribution in [3.05, 3.63) is 29.3 Å². The number of methoxy groups -OCH3 is 2. The molecule has 0 aliphatic heterocycles. The Kier molecular flexibility index (Phi) is 7.84. The summed E-state index contributed by atoms with van der Waals surface area (Å²) in [6, 6.07) is 6.43. The van der Waals surface area contributed by atoms with Gasteiger partial charge < -0.3 is 15.2 Å². The molecule has 21 heavy (non-hydrogen) atoms. The molecule has 0 atom stereocenters. The van der Waals surface area contributed by atoms with E-state index in [2.05, 4.69) is 36.7 Å². The quantitative estimate of drug-likeness (QED) is 0.779. The molecule has 0 fully saturated rings. The molecule has 0 aromatic heterocycles. The van der Waals surface area contributed by atoms with Crippen LogP contribution < -0.4 is 10.5 Å². The largest absolute Gasteiger partial charge is 0.496 e. The van der Waals surface area contributed by atoms with Gasteiger partial charge in [0.1, 0.15) is 5.75 Å². The molecule has 0 aliphatic rings. The van der Waals surface area contributed by atoms with Crippen molar-refractivity contribution in [1.82, 2.24) is 4.90 Å². The Morgan fingerprint density at radius 2 is 2.05 bits per heavy atom. The number of hydrogen-bond donors (Lipinski definition) is 1. The Morgan fingerprint density at radius 3 is 2.62 bits per heavy atom. The van der Waals surface area contributed by atoms with E-state index in [1.165, 1.54) is 0 Å². The molecule has 1 rings (SSSR count). The standard InChI is InChI=1S/C17H26N2O2/c1-14(2)19(10-11-20-3)13-16-12-15(6-5-9-18)7-8-17(16)21-4/h7-8,12,14H,9-11,13,18H2,1-4H3. The van der Waals surface area contributed by atoms with E-state index in [1.807, 2.05) is 12.1 Å². The van der Waals surface area contributed by atoms with E-state index in [0.29, 0.717) is 19.2 Å². The summed E-state index contributed by atoms with van der Waals surface area (Å²) in [5.41, 5.74) is 7.52. The van der Waals surface area contributed by atoms with Crippen molar-refractivity contribution in [3.8, 4) is 17.6 Å². The van der Waals surface area contributed by atoms with Crippen molar-refractivity contribution in [1.29, 1.82) is 0 Å². The third-order valence-corrected chi connectivity index (χ3v) is 3.30. The molecule has 116 valence electrons. The SMILES string of the molecule is COCCN(Cc1cc(C#CCN)ccc1OC)C(C)C. The van der Waals surface area contributed by atoms with E-state index in [-0.39, 0.29) is 0 Å². The van der Waals surface area contributed by atoms with Gasteiger partial charge in [0.05, 0.1) is 20.3 Å². The van der Waals surface area contributed by atoms with E-state index in [0.717, 1.165) is 30.0 Å². The minimum Gasteiger partial charge on any atom is -0.496 e. The van der Waals surface area contributed by atoms with Gasteiger partial charge in [-0.05, 0) is 32.0 Å². The molecule has 0 radical (unpaired) electrons. The van der Waals surface area contributed by atoms with Crippen molar-refractivity contribution in [3.63, 3.8) is 0 Å². The van der Waals surface area contributed by atoms with Crippen LogP contribution in [0.15, 0.2) is 18.2 Å². The highest BCUT2D eigenvalue weighted by molar-refractivity contribution is 5.44. The molecule has 2 N–H and O–H groups in total. The fourth-order valence-corrected chi connectivity index (χ4v) is 2.08. The minimum atomic E-state index is 0.368. The van der Waals surface area contributed by atoms with E-state index in [9.17, 15) is 0 Å². The van der Waals surface area contributed by atoms with Gasteiger partial charge in [-0.25, -0.2) is 0 Å². The first-order valence-electron chi connectivity index (χ1n) is 7.21. The Labute approximate surface area is 128 Å². The monoisotopic (exact) mass is 290 g/mol. The van der Waals surface area contributed by atoms with Gasteiger partial charge in [-0.15, -0.1) is 0 Å². The molecule has 4 heteroatoms. The number of ether oxygens (including phenoxy) is 2. The lowest BCUT2D eigenvalue weighted by Gasteiger charge is -2.27. The molecule has 0 bridgehead atoms. The number of rotatable bonds is 7. The molecule has 0 spiro atoms.